The second kappa shape index (κ2) is 12.2. The van der Waals surface area contributed by atoms with Gasteiger partial charge in [0.15, 0.2) is 21.2 Å². The zero-order valence-corrected chi connectivity index (χ0v) is 29.2. The standard InChI is InChI=1S/C38H34Cl2N2O8/c1-41-35(46)37(39)19-27-25(32(38(37,40)36(41)47)22-9-15-28(43)30(18-22)50-4)13-14-26-31(27)34(45)42(33(26)44)23-10-6-20(7-11-23)5-8-21-17-24(48-2)12-16-29(21)49-3/h5-13,15-18,26-27,31-32,43H,14,19H2,1-4H3/t26-,27+,31-,32-,37+,38-/m0/s1. The van der Waals surface area contributed by atoms with Gasteiger partial charge >= 0.3 is 0 Å². The van der Waals surface area contributed by atoms with E-state index in [-0.39, 0.29) is 30.2 Å². The van der Waals surface area contributed by atoms with Crippen molar-refractivity contribution in [1.29, 1.82) is 0 Å². The van der Waals surface area contributed by atoms with Crippen LogP contribution in [0.1, 0.15) is 35.4 Å². The predicted molar refractivity (Wildman–Crippen MR) is 188 cm³/mol. The minimum atomic E-state index is -1.93. The van der Waals surface area contributed by atoms with E-state index < -0.39 is 51.1 Å². The molecular weight excluding hydrogens is 683 g/mol. The Kier molecular flexibility index (Phi) is 8.22. The largest absolute Gasteiger partial charge is 0.504 e. The summed E-state index contributed by atoms with van der Waals surface area (Å²) in [5.74, 6) is -3.86. The average molecular weight is 718 g/mol. The highest BCUT2D eigenvalue weighted by molar-refractivity contribution is 6.53. The number of anilines is 1. The second-order valence-electron chi connectivity index (χ2n) is 13.0. The Balaban J connectivity index is 1.23. The fourth-order valence-corrected chi connectivity index (χ4v) is 9.16. The number of phenols is 1. The lowest BCUT2D eigenvalue weighted by Gasteiger charge is -2.50. The molecule has 2 saturated heterocycles. The number of rotatable bonds is 7. The van der Waals surface area contributed by atoms with Crippen molar-refractivity contribution < 1.29 is 38.5 Å². The molecule has 2 aliphatic carbocycles. The summed E-state index contributed by atoms with van der Waals surface area (Å²) in [6, 6.07) is 17.1. The minimum Gasteiger partial charge on any atom is -0.504 e. The number of methoxy groups -OCH3 is 3. The summed E-state index contributed by atoms with van der Waals surface area (Å²) in [5, 5.41) is 10.3. The van der Waals surface area contributed by atoms with Crippen molar-refractivity contribution in [3.8, 4) is 23.0 Å². The Morgan fingerprint density at radius 1 is 0.820 bits per heavy atom. The van der Waals surface area contributed by atoms with Crippen LogP contribution in [0.5, 0.6) is 23.0 Å². The first-order valence-electron chi connectivity index (χ1n) is 16.0. The summed E-state index contributed by atoms with van der Waals surface area (Å²) >= 11 is 14.5. The number of hydrogen-bond acceptors (Lipinski definition) is 8. The van der Waals surface area contributed by atoms with Gasteiger partial charge in [-0.1, -0.05) is 42.0 Å². The second-order valence-corrected chi connectivity index (χ2v) is 14.2. The first-order chi connectivity index (χ1) is 23.9. The van der Waals surface area contributed by atoms with Gasteiger partial charge in [0.05, 0.1) is 38.9 Å². The van der Waals surface area contributed by atoms with Crippen molar-refractivity contribution in [1.82, 2.24) is 4.90 Å². The van der Waals surface area contributed by atoms with E-state index in [1.165, 1.54) is 25.1 Å². The van der Waals surface area contributed by atoms with Crippen molar-refractivity contribution >= 4 is 64.7 Å². The molecule has 10 nitrogen and oxygen atoms in total. The fraction of sp³-hybridized carbons (Fsp3) is 0.316. The molecule has 3 aromatic rings. The minimum absolute atomic E-state index is 0.115. The van der Waals surface area contributed by atoms with E-state index >= 15 is 0 Å². The molecule has 3 fully saturated rings. The number of halogens is 2. The van der Waals surface area contributed by atoms with Gasteiger partial charge in [0, 0.05) is 18.5 Å². The normalized spacial score (nSPS) is 28.8. The van der Waals surface area contributed by atoms with Crippen LogP contribution < -0.4 is 19.1 Å². The quantitative estimate of drug-likeness (QED) is 0.141. The maximum absolute atomic E-state index is 14.4. The number of likely N-dealkylation sites (tertiary alicyclic amines) is 1. The Bertz CT molecular complexity index is 2010. The Labute approximate surface area is 298 Å². The Morgan fingerprint density at radius 3 is 2.22 bits per heavy atom. The molecule has 12 heteroatoms. The fourth-order valence-electron chi connectivity index (χ4n) is 8.14. The third kappa shape index (κ3) is 4.75. The lowest BCUT2D eigenvalue weighted by atomic mass is 9.56. The smallest absolute Gasteiger partial charge is 0.253 e. The summed E-state index contributed by atoms with van der Waals surface area (Å²) in [6.07, 6.45) is 5.75. The van der Waals surface area contributed by atoms with Crippen LogP contribution in [0.15, 0.2) is 72.3 Å². The van der Waals surface area contributed by atoms with Crippen LogP contribution >= 0.6 is 23.2 Å². The molecule has 7 rings (SSSR count). The van der Waals surface area contributed by atoms with E-state index in [1.54, 1.807) is 38.5 Å². The third-order valence-corrected chi connectivity index (χ3v) is 12.0. The monoisotopic (exact) mass is 716 g/mol. The molecular formula is C38H34Cl2N2O8. The van der Waals surface area contributed by atoms with Gasteiger partial charge < -0.3 is 19.3 Å². The number of carbonyl (C=O) groups is 4. The number of nitrogens with zero attached hydrogens (tertiary/aromatic N) is 2. The zero-order chi connectivity index (χ0) is 35.7. The number of phenolic OH excluding ortho intramolecular Hbond substituents is 1. The van der Waals surface area contributed by atoms with Crippen molar-refractivity contribution in [2.45, 2.75) is 28.5 Å². The highest BCUT2D eigenvalue weighted by Crippen LogP contribution is 2.65. The predicted octanol–water partition coefficient (Wildman–Crippen LogP) is 5.78. The highest BCUT2D eigenvalue weighted by Gasteiger charge is 2.75. The van der Waals surface area contributed by atoms with E-state index in [0.29, 0.717) is 28.3 Å². The molecule has 50 heavy (non-hydrogen) atoms. The Hall–Kier alpha value is -4.80. The van der Waals surface area contributed by atoms with Crippen molar-refractivity contribution in [3.05, 3.63) is 89.0 Å². The number of fused-ring (bicyclic) bond motifs is 4. The van der Waals surface area contributed by atoms with Gasteiger partial charge in [-0.05, 0) is 72.4 Å². The number of allylic oxidation sites excluding steroid dienone is 2. The molecule has 2 heterocycles. The van der Waals surface area contributed by atoms with Gasteiger partial charge in [-0.25, -0.2) is 0 Å². The van der Waals surface area contributed by atoms with E-state index in [4.69, 9.17) is 37.4 Å². The van der Waals surface area contributed by atoms with Gasteiger partial charge in [-0.15, -0.1) is 23.2 Å². The first kappa shape index (κ1) is 33.7. The topological polar surface area (TPSA) is 123 Å². The molecule has 2 aliphatic heterocycles. The lowest BCUT2D eigenvalue weighted by molar-refractivity contribution is -0.138. The molecule has 4 aliphatic rings. The van der Waals surface area contributed by atoms with E-state index in [0.717, 1.165) is 16.0 Å². The number of benzene rings is 3. The number of hydrogen-bond donors (Lipinski definition) is 1. The third-order valence-electron chi connectivity index (χ3n) is 10.6. The van der Waals surface area contributed by atoms with E-state index in [2.05, 4.69) is 0 Å². The molecule has 4 amide bonds. The number of imide groups is 2. The summed E-state index contributed by atoms with van der Waals surface area (Å²) < 4.78 is 16.2. The molecule has 0 radical (unpaired) electrons. The maximum Gasteiger partial charge on any atom is 0.253 e. The van der Waals surface area contributed by atoms with E-state index in [9.17, 15) is 24.3 Å². The molecule has 0 unspecified atom stereocenters. The molecule has 1 saturated carbocycles. The summed E-state index contributed by atoms with van der Waals surface area (Å²) in [7, 11) is 5.92. The molecule has 0 spiro atoms. The molecule has 1 N–H and O–H groups in total. The summed E-state index contributed by atoms with van der Waals surface area (Å²) in [6.45, 7) is 0. The van der Waals surface area contributed by atoms with Crippen LogP contribution in [-0.4, -0.2) is 71.8 Å². The molecule has 0 aromatic heterocycles. The SMILES string of the molecule is COc1ccc(OC)c(C=Cc2ccc(N3C(=O)[C@H]4[C@H](CC=C5[C@H]4C[C@@]4(Cl)C(=O)N(C)C(=O)[C@@]4(Cl)[C@H]5c4ccc(O)c(OC)c4)C3=O)cc2)c1. The lowest BCUT2D eigenvalue weighted by Crippen LogP contribution is -2.60. The van der Waals surface area contributed by atoms with E-state index in [1.807, 2.05) is 48.6 Å². The molecule has 258 valence electrons. The molecule has 6 atom stereocenters. The number of aromatic hydroxyl groups is 1. The first-order valence-corrected chi connectivity index (χ1v) is 16.8. The van der Waals surface area contributed by atoms with Crippen molar-refractivity contribution in [3.63, 3.8) is 0 Å². The Morgan fingerprint density at radius 2 is 1.54 bits per heavy atom. The van der Waals surface area contributed by atoms with Gasteiger partial charge in [0.1, 0.15) is 11.5 Å². The van der Waals surface area contributed by atoms with Crippen molar-refractivity contribution in [2.24, 2.45) is 17.8 Å². The number of ether oxygens (including phenoxy) is 3. The van der Waals surface area contributed by atoms with Crippen molar-refractivity contribution in [2.75, 3.05) is 33.3 Å². The summed E-state index contributed by atoms with van der Waals surface area (Å²) in [5.41, 5.74) is 3.19. The molecule has 0 bridgehead atoms. The average Bonchev–Trinajstić information content (AvgIpc) is 3.45. The number of carbonyl (C=O) groups excluding carboxylic acids is 4. The van der Waals surface area contributed by atoms with Crippen LogP contribution in [0.4, 0.5) is 5.69 Å². The number of amides is 4. The van der Waals surface area contributed by atoms with Crippen LogP contribution in [0.3, 0.4) is 0 Å². The van der Waals surface area contributed by atoms with Gasteiger partial charge in [-0.2, -0.15) is 0 Å². The van der Waals surface area contributed by atoms with Crippen LogP contribution in [-0.2, 0) is 19.2 Å². The van der Waals surface area contributed by atoms with Gasteiger partial charge in [0.2, 0.25) is 11.8 Å². The molecule has 3 aromatic carbocycles. The number of alkyl halides is 2. The van der Waals surface area contributed by atoms with Crippen LogP contribution in [0.25, 0.3) is 12.2 Å². The van der Waals surface area contributed by atoms with Gasteiger partial charge in [0.25, 0.3) is 11.8 Å². The van der Waals surface area contributed by atoms with Crippen LogP contribution in [0.2, 0.25) is 0 Å². The summed E-state index contributed by atoms with van der Waals surface area (Å²) in [4.78, 5) is 54.1. The highest BCUT2D eigenvalue weighted by atomic mass is 35.5. The maximum atomic E-state index is 14.4. The van der Waals surface area contributed by atoms with Crippen LogP contribution in [0, 0.1) is 17.8 Å². The van der Waals surface area contributed by atoms with Gasteiger partial charge in [-0.3, -0.25) is 29.0 Å². The zero-order valence-electron chi connectivity index (χ0n) is 27.7.